The quantitative estimate of drug-likeness (QED) is 0.101. The number of para-hydroxylation sites is 2. The molecule has 0 radical (unpaired) electrons. The number of Topliss-reactive ketones (excluding diaryl/α,β-unsaturated/α-hetero) is 2. The number of benzene rings is 4. The summed E-state index contributed by atoms with van der Waals surface area (Å²) in [5.41, 5.74) is 9.20. The number of hydrogen-bond donors (Lipinski definition) is 1. The van der Waals surface area contributed by atoms with Gasteiger partial charge in [0.15, 0.2) is 17.9 Å². The lowest BCUT2D eigenvalue weighted by atomic mass is 9.89. The second kappa shape index (κ2) is 30.3. The lowest BCUT2D eigenvalue weighted by molar-refractivity contribution is -0.155. The summed E-state index contributed by atoms with van der Waals surface area (Å²) in [6, 6.07) is 30.4. The number of ketones is 2. The Balaban J connectivity index is 0.000000158. The summed E-state index contributed by atoms with van der Waals surface area (Å²) in [7, 11) is 6.58. The number of rotatable bonds is 16. The standard InChI is InChI=1S/C28H29N3O5.C23H21N3O4.2C7H15NO2.ClH/c1-29-27(33)21-15-30(28(29)34)16-23-26(21)20-6-2-3-7-22(20)31(23)14-18-9-11-19(12-10-18)24(32)17-36-25-8-4-5-13-35-25;1-24-22(29)17-11-25(23(24)30)12-19-21(17)16-4-2-3-5-18(16)26(19)10-14-6-8-15(9-7-14)20(28)13-27;2*1-9-5-2-8-3-6-10-7-4-8;/h2-3,6-7,9-12,21,25H,4-5,8,13-17H2,1H3;2-9,17,27H,10-13H2,1H3;2*2-7H2,1H3;1H. The van der Waals surface area contributed by atoms with Crippen LogP contribution in [0.15, 0.2) is 97.1 Å². The zero-order valence-electron chi connectivity index (χ0n) is 50.3. The molecule has 7 aliphatic heterocycles. The molecule has 6 aromatic rings. The van der Waals surface area contributed by atoms with Crippen LogP contribution < -0.4 is 0 Å². The van der Waals surface area contributed by atoms with Crippen molar-refractivity contribution in [1.82, 2.24) is 38.5 Å². The number of imide groups is 2. The number of carbonyl (C=O) groups excluding carboxylic acids is 6. The van der Waals surface area contributed by atoms with Crippen LogP contribution in [0.25, 0.3) is 21.8 Å². The average molecular weight is 1220 g/mol. The number of aliphatic hydroxyl groups excluding tert-OH is 1. The molecule has 2 aromatic heterocycles. The van der Waals surface area contributed by atoms with E-state index in [-0.39, 0.29) is 72.6 Å². The number of nitrogens with zero attached hydrogens (tertiary/aromatic N) is 8. The molecule has 1 N–H and O–H groups in total. The summed E-state index contributed by atoms with van der Waals surface area (Å²) in [4.78, 5) is 86.0. The zero-order valence-corrected chi connectivity index (χ0v) is 51.1. The van der Waals surface area contributed by atoms with Crippen molar-refractivity contribution in [1.29, 1.82) is 0 Å². The fraction of sp³-hybridized carbons (Fsp3) is 0.477. The van der Waals surface area contributed by atoms with E-state index in [1.54, 1.807) is 50.2 Å². The van der Waals surface area contributed by atoms with Gasteiger partial charge in [0.1, 0.15) is 13.2 Å². The van der Waals surface area contributed by atoms with Gasteiger partial charge in [-0.1, -0.05) is 84.9 Å². The van der Waals surface area contributed by atoms with Crippen molar-refractivity contribution in [2.45, 2.75) is 63.6 Å². The fourth-order valence-electron chi connectivity index (χ4n) is 12.4. The van der Waals surface area contributed by atoms with E-state index in [0.29, 0.717) is 57.0 Å². The van der Waals surface area contributed by atoms with E-state index in [1.807, 2.05) is 72.8 Å². The number of ether oxygens (including phenoxy) is 6. The molecule has 22 heteroatoms. The molecular formula is C65H81ClN8O13. The molecular weight excluding hydrogens is 1140 g/mol. The number of likely N-dealkylation sites (N-methyl/N-ethyl adjacent to an activating group) is 2. The molecule has 3 unspecified atom stereocenters. The second-order valence-electron chi connectivity index (χ2n) is 22.6. The summed E-state index contributed by atoms with van der Waals surface area (Å²) >= 11 is 0. The first kappa shape index (κ1) is 64.6. The van der Waals surface area contributed by atoms with Crippen LogP contribution >= 0.6 is 12.4 Å². The Labute approximate surface area is 513 Å². The van der Waals surface area contributed by atoms with Gasteiger partial charge in [0.25, 0.3) is 0 Å². The van der Waals surface area contributed by atoms with Crippen LogP contribution in [0.4, 0.5) is 9.59 Å². The Morgan fingerprint density at radius 1 is 0.575 bits per heavy atom. The van der Waals surface area contributed by atoms with Crippen LogP contribution in [0, 0.1) is 0 Å². The third-order valence-electron chi connectivity index (χ3n) is 17.1. The Morgan fingerprint density at radius 2 is 1.01 bits per heavy atom. The molecule has 4 bridgehead atoms. The number of urea groups is 2. The van der Waals surface area contributed by atoms with Crippen molar-refractivity contribution in [3.05, 3.63) is 142 Å². The minimum absolute atomic E-state index is 0. The first-order chi connectivity index (χ1) is 41.9. The monoisotopic (exact) mass is 1220 g/mol. The lowest BCUT2D eigenvalue weighted by Gasteiger charge is -2.41. The number of methoxy groups -OCH3 is 2. The van der Waals surface area contributed by atoms with Gasteiger partial charge in [0.05, 0.1) is 64.6 Å². The predicted octanol–water partition coefficient (Wildman–Crippen LogP) is 6.61. The first-order valence-corrected chi connectivity index (χ1v) is 29.9. The topological polar surface area (TPSA) is 207 Å². The Kier molecular flexibility index (Phi) is 22.5. The average Bonchev–Trinajstić information content (AvgIpc) is 1.65. The normalized spacial score (nSPS) is 20.1. The van der Waals surface area contributed by atoms with Gasteiger partial charge in [-0.05, 0) is 53.6 Å². The van der Waals surface area contributed by atoms with Crippen LogP contribution in [-0.4, -0.2) is 226 Å². The number of carbonyl (C=O) groups is 6. The van der Waals surface area contributed by atoms with Crippen LogP contribution in [0.5, 0.6) is 0 Å². The summed E-state index contributed by atoms with van der Waals surface area (Å²) in [6.07, 6.45) is 2.64. The van der Waals surface area contributed by atoms with E-state index < -0.39 is 6.61 Å². The molecule has 13 rings (SSSR count). The van der Waals surface area contributed by atoms with E-state index in [0.717, 1.165) is 154 Å². The van der Waals surface area contributed by atoms with Gasteiger partial charge in [0.2, 0.25) is 11.8 Å². The van der Waals surface area contributed by atoms with Crippen molar-refractivity contribution in [2.24, 2.45) is 0 Å². The molecule has 3 atom stereocenters. The maximum atomic E-state index is 13.0. The molecule has 0 aliphatic carbocycles. The van der Waals surface area contributed by atoms with Crippen molar-refractivity contribution in [3.8, 4) is 0 Å². The highest BCUT2D eigenvalue weighted by Gasteiger charge is 2.46. The van der Waals surface area contributed by atoms with Gasteiger partial charge in [-0.3, -0.25) is 38.8 Å². The highest BCUT2D eigenvalue weighted by Crippen LogP contribution is 2.42. The third kappa shape index (κ3) is 14.8. The molecule has 466 valence electrons. The van der Waals surface area contributed by atoms with Crippen LogP contribution in [-0.2, 0) is 64.2 Å². The number of halogens is 1. The highest BCUT2D eigenvalue weighted by molar-refractivity contribution is 6.05. The number of aromatic nitrogens is 2. The van der Waals surface area contributed by atoms with Gasteiger partial charge in [-0.2, -0.15) is 0 Å². The summed E-state index contributed by atoms with van der Waals surface area (Å²) in [5.74, 6) is -1.40. The lowest BCUT2D eigenvalue weighted by Crippen LogP contribution is -2.56. The zero-order chi connectivity index (χ0) is 60.3. The molecule has 7 aliphatic rings. The van der Waals surface area contributed by atoms with Gasteiger partial charge in [0, 0.05) is 145 Å². The number of aliphatic hydroxyl groups is 1. The number of fused-ring (bicyclic) bond motifs is 12. The molecule has 6 amide bonds. The molecule has 4 aromatic carbocycles. The third-order valence-corrected chi connectivity index (χ3v) is 17.1. The molecule has 5 fully saturated rings. The van der Waals surface area contributed by atoms with Gasteiger partial charge in [-0.25, -0.2) is 9.59 Å². The molecule has 5 saturated heterocycles. The van der Waals surface area contributed by atoms with Crippen LogP contribution in [0.1, 0.15) is 85.5 Å². The minimum atomic E-state index is -0.511. The van der Waals surface area contributed by atoms with E-state index in [9.17, 15) is 28.8 Å². The van der Waals surface area contributed by atoms with E-state index in [4.69, 9.17) is 33.5 Å². The maximum absolute atomic E-state index is 13.0. The van der Waals surface area contributed by atoms with Crippen LogP contribution in [0.3, 0.4) is 0 Å². The molecule has 21 nitrogen and oxygen atoms in total. The first-order valence-electron chi connectivity index (χ1n) is 29.9. The Bertz CT molecular complexity index is 3330. The van der Waals surface area contributed by atoms with E-state index >= 15 is 0 Å². The molecule has 9 heterocycles. The van der Waals surface area contributed by atoms with Crippen LogP contribution in [0.2, 0.25) is 0 Å². The van der Waals surface area contributed by atoms with Gasteiger partial charge < -0.3 is 52.5 Å². The number of amides is 6. The predicted molar refractivity (Wildman–Crippen MR) is 328 cm³/mol. The summed E-state index contributed by atoms with van der Waals surface area (Å²) in [5, 5.41) is 11.1. The number of hydrogen-bond acceptors (Lipinski definition) is 15. The second-order valence-corrected chi connectivity index (χ2v) is 22.6. The van der Waals surface area contributed by atoms with Crippen molar-refractivity contribution < 1.29 is 62.3 Å². The Morgan fingerprint density at radius 3 is 1.43 bits per heavy atom. The van der Waals surface area contributed by atoms with E-state index in [2.05, 4.69) is 31.1 Å². The van der Waals surface area contributed by atoms with Crippen molar-refractivity contribution in [3.63, 3.8) is 0 Å². The minimum Gasteiger partial charge on any atom is -0.388 e. The van der Waals surface area contributed by atoms with Crippen molar-refractivity contribution >= 4 is 69.7 Å². The smallest absolute Gasteiger partial charge is 0.326 e. The molecule has 0 spiro atoms. The van der Waals surface area contributed by atoms with E-state index in [1.165, 1.54) is 9.80 Å². The highest BCUT2D eigenvalue weighted by atomic mass is 35.5. The van der Waals surface area contributed by atoms with Crippen molar-refractivity contribution in [2.75, 3.05) is 140 Å². The summed E-state index contributed by atoms with van der Waals surface area (Å²) in [6.45, 7) is 14.6. The Hall–Kier alpha value is -6.89. The van der Waals surface area contributed by atoms with Gasteiger partial charge >= 0.3 is 12.1 Å². The fourth-order valence-corrected chi connectivity index (χ4v) is 12.4. The number of morpholine rings is 2. The largest absolute Gasteiger partial charge is 0.388 e. The molecule has 0 saturated carbocycles. The molecule has 87 heavy (non-hydrogen) atoms. The maximum Gasteiger partial charge on any atom is 0.326 e. The summed E-state index contributed by atoms with van der Waals surface area (Å²) < 4.78 is 35.9. The van der Waals surface area contributed by atoms with Gasteiger partial charge in [-0.15, -0.1) is 12.4 Å². The SMILES string of the molecule is CN1C(=O)C2CN(Cc3c2c2ccccc2n3Cc2ccc(C(=O)CO)cc2)C1=O.CN1C(=O)C2CN(Cc3c2c2ccccc2n3Cc2ccc(C(=O)COC3CCCCO3)cc2)C1=O.COCCN1CCOCC1.COCCN1CCOCC1.Cl.